The fourth-order valence-electron chi connectivity index (χ4n) is 2.41. The van der Waals surface area contributed by atoms with Gasteiger partial charge in [0.15, 0.2) is 0 Å². The molecule has 0 aliphatic heterocycles. The summed E-state index contributed by atoms with van der Waals surface area (Å²) in [5.74, 6) is 0.371. The largest absolute Gasteiger partial charge is 0.495 e. The molecule has 0 aliphatic rings. The van der Waals surface area contributed by atoms with Crippen LogP contribution < -0.4 is 9.46 Å². The monoisotopic (exact) mass is 389 g/mol. The van der Waals surface area contributed by atoms with E-state index in [1.54, 1.807) is 17.4 Å². The van der Waals surface area contributed by atoms with Gasteiger partial charge in [-0.25, -0.2) is 13.1 Å². The van der Waals surface area contributed by atoms with Gasteiger partial charge in [0.05, 0.1) is 7.11 Å². The molecule has 0 saturated carbocycles. The third-order valence-electron chi connectivity index (χ3n) is 3.62. The zero-order valence-electron chi connectivity index (χ0n) is 13.2. The molecular weight excluding hydrogens is 370 g/mol. The summed E-state index contributed by atoms with van der Waals surface area (Å²) in [5.41, 5.74) is 0. The van der Waals surface area contributed by atoms with E-state index in [1.165, 1.54) is 19.2 Å². The van der Waals surface area contributed by atoms with Crippen LogP contribution in [-0.4, -0.2) is 33.8 Å². The number of hydrogen-bond acceptors (Lipinski definition) is 5. The number of aliphatic hydroxyl groups is 1. The minimum Gasteiger partial charge on any atom is -0.495 e. The topological polar surface area (TPSA) is 75.6 Å². The molecule has 0 amide bonds. The molecule has 8 heteroatoms. The maximum absolute atomic E-state index is 12.5. The van der Waals surface area contributed by atoms with E-state index >= 15 is 0 Å². The lowest BCUT2D eigenvalue weighted by Gasteiger charge is -2.15. The van der Waals surface area contributed by atoms with Gasteiger partial charge in [-0.1, -0.05) is 17.7 Å². The lowest BCUT2D eigenvalue weighted by Crippen LogP contribution is -2.26. The van der Waals surface area contributed by atoms with Crippen LogP contribution in [0.15, 0.2) is 40.6 Å². The molecule has 5 nitrogen and oxygen atoms in total. The molecule has 0 saturated heterocycles. The summed E-state index contributed by atoms with van der Waals surface area (Å²) in [7, 11) is -2.31. The van der Waals surface area contributed by atoms with Crippen molar-refractivity contribution in [1.82, 2.24) is 4.72 Å². The van der Waals surface area contributed by atoms with Gasteiger partial charge in [0.2, 0.25) is 10.0 Å². The second-order valence-electron chi connectivity index (χ2n) is 5.21. The molecule has 0 spiro atoms. The first-order chi connectivity index (χ1) is 11.5. The predicted octanol–water partition coefficient (Wildman–Crippen LogP) is 3.24. The molecule has 0 aliphatic carbocycles. The molecule has 0 radical (unpaired) electrons. The van der Waals surface area contributed by atoms with Gasteiger partial charge < -0.3 is 9.84 Å². The van der Waals surface area contributed by atoms with Crippen molar-refractivity contribution in [3.63, 3.8) is 0 Å². The number of benzene rings is 1. The van der Waals surface area contributed by atoms with Gasteiger partial charge in [0.1, 0.15) is 10.6 Å². The maximum atomic E-state index is 12.5. The minimum absolute atomic E-state index is 0.0207. The predicted molar refractivity (Wildman–Crippen MR) is 96.6 cm³/mol. The smallest absolute Gasteiger partial charge is 0.244 e. The molecule has 1 aromatic heterocycles. The molecule has 0 bridgehead atoms. The highest BCUT2D eigenvalue weighted by Gasteiger charge is 2.21. The van der Waals surface area contributed by atoms with Crippen molar-refractivity contribution in [2.75, 3.05) is 20.3 Å². The maximum Gasteiger partial charge on any atom is 0.244 e. The van der Waals surface area contributed by atoms with Crippen molar-refractivity contribution in [2.45, 2.75) is 23.7 Å². The van der Waals surface area contributed by atoms with Crippen molar-refractivity contribution >= 4 is 33.0 Å². The van der Waals surface area contributed by atoms with E-state index < -0.39 is 10.0 Å². The summed E-state index contributed by atoms with van der Waals surface area (Å²) in [6.07, 6.45) is 1.20. The Hall–Kier alpha value is -1.12. The Bertz CT molecular complexity index is 747. The van der Waals surface area contributed by atoms with Crippen LogP contribution in [-0.2, 0) is 10.0 Å². The Labute approximate surface area is 151 Å². The summed E-state index contributed by atoms with van der Waals surface area (Å²) in [6.45, 7) is 0.331. The molecule has 2 rings (SSSR count). The highest BCUT2D eigenvalue weighted by Crippen LogP contribution is 2.29. The first-order valence-electron chi connectivity index (χ1n) is 7.45. The van der Waals surface area contributed by atoms with E-state index in [4.69, 9.17) is 16.3 Å². The van der Waals surface area contributed by atoms with Gasteiger partial charge >= 0.3 is 0 Å². The number of nitrogens with one attached hydrogen (secondary N) is 1. The number of aliphatic hydroxyl groups excluding tert-OH is 1. The Morgan fingerprint density at radius 2 is 2.12 bits per heavy atom. The van der Waals surface area contributed by atoms with Crippen LogP contribution in [0.2, 0.25) is 5.02 Å². The van der Waals surface area contributed by atoms with Crippen LogP contribution in [0.1, 0.15) is 23.6 Å². The average Bonchev–Trinajstić information content (AvgIpc) is 3.08. The number of hydrogen-bond donors (Lipinski definition) is 2. The number of methoxy groups -OCH3 is 1. The van der Waals surface area contributed by atoms with Crippen molar-refractivity contribution in [2.24, 2.45) is 0 Å². The van der Waals surface area contributed by atoms with Crippen LogP contribution in [0.4, 0.5) is 0 Å². The van der Waals surface area contributed by atoms with Gasteiger partial charge in [0, 0.05) is 23.1 Å². The number of rotatable bonds is 9. The van der Waals surface area contributed by atoms with Gasteiger partial charge in [-0.3, -0.25) is 0 Å². The first kappa shape index (κ1) is 19.2. The molecule has 1 aromatic carbocycles. The molecule has 1 atom stereocenters. The minimum atomic E-state index is -3.72. The quantitative estimate of drug-likeness (QED) is 0.690. The van der Waals surface area contributed by atoms with Gasteiger partial charge in [0.25, 0.3) is 0 Å². The highest BCUT2D eigenvalue weighted by atomic mass is 35.5. The summed E-state index contributed by atoms with van der Waals surface area (Å²) in [5, 5.41) is 11.5. The van der Waals surface area contributed by atoms with Crippen molar-refractivity contribution in [3.8, 4) is 5.75 Å². The summed E-state index contributed by atoms with van der Waals surface area (Å²) < 4.78 is 32.7. The van der Waals surface area contributed by atoms with E-state index in [-0.39, 0.29) is 29.7 Å². The average molecular weight is 390 g/mol. The lowest BCUT2D eigenvalue weighted by atomic mass is 10.0. The SMILES string of the molecule is COc1ccc(Cl)cc1S(=O)(=O)NCCC(CCO)c1cccs1. The standard InChI is InChI=1S/C16H20ClNO4S2/c1-22-14-5-4-13(17)11-16(14)24(20,21)18-8-6-12(7-9-19)15-3-2-10-23-15/h2-5,10-12,18-19H,6-9H2,1H3. The molecular formula is C16H20ClNO4S2. The zero-order valence-corrected chi connectivity index (χ0v) is 15.6. The van der Waals surface area contributed by atoms with Crippen molar-refractivity contribution in [3.05, 3.63) is 45.6 Å². The summed E-state index contributed by atoms with van der Waals surface area (Å²) in [4.78, 5) is 1.16. The van der Waals surface area contributed by atoms with E-state index in [2.05, 4.69) is 4.72 Å². The molecule has 1 unspecified atom stereocenters. The molecule has 24 heavy (non-hydrogen) atoms. The Kier molecular flexibility index (Phi) is 7.06. The fourth-order valence-corrected chi connectivity index (χ4v) is 4.79. The summed E-state index contributed by atoms with van der Waals surface area (Å²) >= 11 is 7.51. The zero-order chi connectivity index (χ0) is 17.6. The van der Waals surface area contributed by atoms with Crippen LogP contribution in [0, 0.1) is 0 Å². The fraction of sp³-hybridized carbons (Fsp3) is 0.375. The third kappa shape index (κ3) is 4.94. The lowest BCUT2D eigenvalue weighted by molar-refractivity contribution is 0.273. The number of sulfonamides is 1. The molecule has 1 heterocycles. The number of thiophene rings is 1. The van der Waals surface area contributed by atoms with Crippen LogP contribution in [0.25, 0.3) is 0 Å². The van der Waals surface area contributed by atoms with E-state index in [0.717, 1.165) is 4.88 Å². The normalized spacial score (nSPS) is 13.0. The van der Waals surface area contributed by atoms with Crippen LogP contribution in [0.5, 0.6) is 5.75 Å². The second-order valence-corrected chi connectivity index (χ2v) is 8.36. The Balaban J connectivity index is 2.06. The van der Waals surface area contributed by atoms with Crippen LogP contribution >= 0.6 is 22.9 Å². The van der Waals surface area contributed by atoms with Crippen molar-refractivity contribution < 1.29 is 18.3 Å². The van der Waals surface area contributed by atoms with Gasteiger partial charge in [-0.2, -0.15) is 0 Å². The van der Waals surface area contributed by atoms with E-state index in [0.29, 0.717) is 17.9 Å². The Morgan fingerprint density at radius 1 is 1.33 bits per heavy atom. The van der Waals surface area contributed by atoms with Crippen molar-refractivity contribution in [1.29, 1.82) is 0 Å². The third-order valence-corrected chi connectivity index (χ3v) is 6.38. The molecule has 2 aromatic rings. The van der Waals surface area contributed by atoms with Crippen LogP contribution in [0.3, 0.4) is 0 Å². The summed E-state index contributed by atoms with van der Waals surface area (Å²) in [6, 6.07) is 8.42. The first-order valence-corrected chi connectivity index (χ1v) is 10.2. The van der Waals surface area contributed by atoms with Gasteiger partial charge in [-0.15, -0.1) is 11.3 Å². The molecule has 132 valence electrons. The molecule has 2 N–H and O–H groups in total. The van der Waals surface area contributed by atoms with E-state index in [1.807, 2.05) is 17.5 Å². The Morgan fingerprint density at radius 3 is 2.75 bits per heavy atom. The molecule has 0 fully saturated rings. The van der Waals surface area contributed by atoms with E-state index in [9.17, 15) is 13.5 Å². The van der Waals surface area contributed by atoms with Gasteiger partial charge in [-0.05, 0) is 48.4 Å². The second kappa shape index (κ2) is 8.82. The highest BCUT2D eigenvalue weighted by molar-refractivity contribution is 7.89. The number of halogens is 1. The number of ether oxygens (including phenoxy) is 1.